The Balaban J connectivity index is 1.26. The molecule has 4 heterocycles. The number of carbonyl (C=O) groups is 1. The molecule has 0 fully saturated rings. The standard InChI is InChI=1S/C26H28N4OS2/c1-18-22(19(2)30(28-18)16-20-7-4-3-5-8-20)15-27-25(31)17-29-12-10-23-21(11-14-33-23)26(29)24-9-6-13-32-24/h3-9,11,13-14,26H,10,12,15-17H2,1-2H3,(H,27,31). The van der Waals surface area contributed by atoms with Gasteiger partial charge in [-0.15, -0.1) is 22.7 Å². The fraction of sp³-hybridized carbons (Fsp3) is 0.308. The van der Waals surface area contributed by atoms with Gasteiger partial charge in [0.15, 0.2) is 0 Å². The molecule has 1 atom stereocenters. The molecule has 4 aromatic rings. The second-order valence-corrected chi connectivity index (χ2v) is 10.5. The topological polar surface area (TPSA) is 50.2 Å². The molecule has 5 rings (SSSR count). The van der Waals surface area contributed by atoms with E-state index in [9.17, 15) is 4.79 Å². The molecule has 0 spiro atoms. The van der Waals surface area contributed by atoms with E-state index in [1.807, 2.05) is 41.1 Å². The molecular formula is C26H28N4OS2. The van der Waals surface area contributed by atoms with Gasteiger partial charge in [0.1, 0.15) is 0 Å². The summed E-state index contributed by atoms with van der Waals surface area (Å²) in [4.78, 5) is 18.1. The summed E-state index contributed by atoms with van der Waals surface area (Å²) in [5.74, 6) is 0.0600. The van der Waals surface area contributed by atoms with Gasteiger partial charge in [-0.2, -0.15) is 5.10 Å². The SMILES string of the molecule is Cc1nn(Cc2ccccc2)c(C)c1CNC(=O)CN1CCc2sccc2C1c1cccs1. The molecule has 1 aromatic carbocycles. The minimum Gasteiger partial charge on any atom is -0.351 e. The van der Waals surface area contributed by atoms with E-state index in [0.717, 1.165) is 36.5 Å². The van der Waals surface area contributed by atoms with E-state index in [-0.39, 0.29) is 11.9 Å². The van der Waals surface area contributed by atoms with Crippen LogP contribution >= 0.6 is 22.7 Å². The molecule has 0 saturated heterocycles. The lowest BCUT2D eigenvalue weighted by Gasteiger charge is -2.34. The molecule has 3 aromatic heterocycles. The van der Waals surface area contributed by atoms with Crippen LogP contribution < -0.4 is 5.32 Å². The third-order valence-electron chi connectivity index (χ3n) is 6.39. The number of aryl methyl sites for hydroxylation is 1. The quantitative estimate of drug-likeness (QED) is 0.411. The summed E-state index contributed by atoms with van der Waals surface area (Å²) in [5, 5.41) is 12.2. The van der Waals surface area contributed by atoms with Crippen molar-refractivity contribution >= 4 is 28.6 Å². The number of aromatic nitrogens is 2. The number of amides is 1. The van der Waals surface area contributed by atoms with Gasteiger partial charge < -0.3 is 5.32 Å². The van der Waals surface area contributed by atoms with Crippen molar-refractivity contribution in [3.63, 3.8) is 0 Å². The van der Waals surface area contributed by atoms with E-state index in [2.05, 4.69) is 58.2 Å². The first kappa shape index (κ1) is 22.1. The van der Waals surface area contributed by atoms with E-state index in [1.165, 1.54) is 20.9 Å². The molecule has 170 valence electrons. The van der Waals surface area contributed by atoms with Gasteiger partial charge in [0, 0.05) is 34.1 Å². The molecule has 1 N–H and O–H groups in total. The van der Waals surface area contributed by atoms with Crippen LogP contribution in [0.4, 0.5) is 0 Å². The fourth-order valence-electron chi connectivity index (χ4n) is 4.65. The van der Waals surface area contributed by atoms with Crippen LogP contribution in [0.5, 0.6) is 0 Å². The van der Waals surface area contributed by atoms with Crippen molar-refractivity contribution in [3.05, 3.63) is 97.1 Å². The van der Waals surface area contributed by atoms with Crippen LogP contribution in [0, 0.1) is 13.8 Å². The number of hydrogen-bond acceptors (Lipinski definition) is 5. The number of rotatable bonds is 7. The smallest absolute Gasteiger partial charge is 0.234 e. The number of benzene rings is 1. The van der Waals surface area contributed by atoms with Crippen molar-refractivity contribution in [1.82, 2.24) is 20.0 Å². The van der Waals surface area contributed by atoms with E-state index in [4.69, 9.17) is 5.10 Å². The summed E-state index contributed by atoms with van der Waals surface area (Å²) in [5.41, 5.74) is 5.76. The summed E-state index contributed by atoms with van der Waals surface area (Å²) in [7, 11) is 0. The zero-order valence-corrected chi connectivity index (χ0v) is 20.6. The number of thiophene rings is 2. The summed E-state index contributed by atoms with van der Waals surface area (Å²) in [6.07, 6.45) is 1.01. The van der Waals surface area contributed by atoms with Crippen LogP contribution in [0.3, 0.4) is 0 Å². The minimum atomic E-state index is 0.0600. The van der Waals surface area contributed by atoms with Crippen LogP contribution in [-0.4, -0.2) is 33.7 Å². The van der Waals surface area contributed by atoms with Gasteiger partial charge >= 0.3 is 0 Å². The Kier molecular flexibility index (Phi) is 6.44. The third-order valence-corrected chi connectivity index (χ3v) is 8.32. The Morgan fingerprint density at radius 3 is 2.73 bits per heavy atom. The number of carbonyl (C=O) groups excluding carboxylic acids is 1. The molecule has 1 aliphatic rings. The highest BCUT2D eigenvalue weighted by molar-refractivity contribution is 7.10. The highest BCUT2D eigenvalue weighted by Gasteiger charge is 2.31. The second kappa shape index (κ2) is 9.63. The lowest BCUT2D eigenvalue weighted by molar-refractivity contribution is -0.122. The van der Waals surface area contributed by atoms with Gasteiger partial charge in [0.05, 0.1) is 24.8 Å². The molecule has 1 unspecified atom stereocenters. The lowest BCUT2D eigenvalue weighted by Crippen LogP contribution is -2.42. The number of fused-ring (bicyclic) bond motifs is 1. The first-order valence-electron chi connectivity index (χ1n) is 11.3. The van der Waals surface area contributed by atoms with Gasteiger partial charge in [-0.1, -0.05) is 36.4 Å². The average molecular weight is 477 g/mol. The molecular weight excluding hydrogens is 448 g/mol. The monoisotopic (exact) mass is 476 g/mol. The zero-order chi connectivity index (χ0) is 22.8. The van der Waals surface area contributed by atoms with Crippen molar-refractivity contribution in [3.8, 4) is 0 Å². The van der Waals surface area contributed by atoms with Crippen LogP contribution in [-0.2, 0) is 24.3 Å². The molecule has 33 heavy (non-hydrogen) atoms. The van der Waals surface area contributed by atoms with E-state index >= 15 is 0 Å². The number of hydrogen-bond donors (Lipinski definition) is 1. The fourth-order valence-corrected chi connectivity index (χ4v) is 6.43. The predicted octanol–water partition coefficient (Wildman–Crippen LogP) is 4.94. The maximum absolute atomic E-state index is 13.0. The van der Waals surface area contributed by atoms with Crippen molar-refractivity contribution in [2.24, 2.45) is 0 Å². The summed E-state index contributed by atoms with van der Waals surface area (Å²) >= 11 is 3.59. The van der Waals surface area contributed by atoms with Crippen molar-refractivity contribution < 1.29 is 4.79 Å². The van der Waals surface area contributed by atoms with Crippen molar-refractivity contribution in [2.45, 2.75) is 39.4 Å². The molecule has 0 aliphatic carbocycles. The van der Waals surface area contributed by atoms with Gasteiger partial charge in [-0.25, -0.2) is 0 Å². The molecule has 7 heteroatoms. The van der Waals surface area contributed by atoms with Crippen LogP contribution in [0.1, 0.15) is 43.9 Å². The molecule has 0 bridgehead atoms. The van der Waals surface area contributed by atoms with Gasteiger partial charge in [0.2, 0.25) is 5.91 Å². The van der Waals surface area contributed by atoms with Gasteiger partial charge in [0.25, 0.3) is 0 Å². The highest BCUT2D eigenvalue weighted by atomic mass is 32.1. The predicted molar refractivity (Wildman–Crippen MR) is 135 cm³/mol. The van der Waals surface area contributed by atoms with E-state index in [0.29, 0.717) is 13.1 Å². The molecule has 1 amide bonds. The number of nitrogens with one attached hydrogen (secondary N) is 1. The van der Waals surface area contributed by atoms with Crippen molar-refractivity contribution in [2.75, 3.05) is 13.1 Å². The van der Waals surface area contributed by atoms with Crippen LogP contribution in [0.15, 0.2) is 59.3 Å². The summed E-state index contributed by atoms with van der Waals surface area (Å²) in [6, 6.07) is 17.0. The molecule has 0 saturated carbocycles. The average Bonchev–Trinajstić information content (AvgIpc) is 3.55. The number of nitrogens with zero attached hydrogens (tertiary/aromatic N) is 3. The highest BCUT2D eigenvalue weighted by Crippen LogP contribution is 2.39. The molecule has 1 aliphatic heterocycles. The third kappa shape index (κ3) is 4.67. The Morgan fingerprint density at radius 1 is 1.09 bits per heavy atom. The van der Waals surface area contributed by atoms with Gasteiger partial charge in [-0.3, -0.25) is 14.4 Å². The van der Waals surface area contributed by atoms with Crippen molar-refractivity contribution in [1.29, 1.82) is 0 Å². The maximum Gasteiger partial charge on any atom is 0.234 e. The van der Waals surface area contributed by atoms with Crippen LogP contribution in [0.25, 0.3) is 0 Å². The molecule has 0 radical (unpaired) electrons. The van der Waals surface area contributed by atoms with E-state index < -0.39 is 0 Å². The zero-order valence-electron chi connectivity index (χ0n) is 19.0. The first-order valence-corrected chi connectivity index (χ1v) is 13.0. The minimum absolute atomic E-state index is 0.0600. The second-order valence-electron chi connectivity index (χ2n) is 8.51. The van der Waals surface area contributed by atoms with E-state index in [1.54, 1.807) is 11.3 Å². The Morgan fingerprint density at radius 2 is 1.94 bits per heavy atom. The van der Waals surface area contributed by atoms with Crippen LogP contribution in [0.2, 0.25) is 0 Å². The first-order chi connectivity index (χ1) is 16.1. The Labute approximate surface area is 202 Å². The summed E-state index contributed by atoms with van der Waals surface area (Å²) in [6.45, 7) is 6.64. The normalized spacial score (nSPS) is 16.0. The lowest BCUT2D eigenvalue weighted by atomic mass is 9.98. The molecule has 5 nitrogen and oxygen atoms in total. The largest absolute Gasteiger partial charge is 0.351 e. The Hall–Kier alpha value is -2.74. The Bertz CT molecular complexity index is 1230. The summed E-state index contributed by atoms with van der Waals surface area (Å²) < 4.78 is 2.03. The maximum atomic E-state index is 13.0. The van der Waals surface area contributed by atoms with Gasteiger partial charge in [-0.05, 0) is 54.3 Å².